The van der Waals surface area contributed by atoms with Crippen molar-refractivity contribution in [2.24, 2.45) is 5.92 Å². The summed E-state index contributed by atoms with van der Waals surface area (Å²) in [6.07, 6.45) is 1.75. The highest BCUT2D eigenvalue weighted by Gasteiger charge is 2.26. The zero-order valence-electron chi connectivity index (χ0n) is 21.4. The Morgan fingerprint density at radius 2 is 1.78 bits per heavy atom. The number of amides is 2. The van der Waals surface area contributed by atoms with E-state index < -0.39 is 0 Å². The minimum atomic E-state index is -0.384. The molecular formula is C27H33N5O3S. The molecule has 1 atom stereocenters. The molecule has 2 N–H and O–H groups in total. The van der Waals surface area contributed by atoms with Gasteiger partial charge in [-0.05, 0) is 67.3 Å². The molecule has 36 heavy (non-hydrogen) atoms. The van der Waals surface area contributed by atoms with Crippen LogP contribution < -0.4 is 15.4 Å². The lowest BCUT2D eigenvalue weighted by Gasteiger charge is -2.22. The normalized spacial score (nSPS) is 11.7. The number of benzene rings is 2. The van der Waals surface area contributed by atoms with Crippen molar-refractivity contribution in [3.05, 3.63) is 77.6 Å². The van der Waals surface area contributed by atoms with Gasteiger partial charge < -0.3 is 19.9 Å². The Morgan fingerprint density at radius 1 is 1.11 bits per heavy atom. The predicted octanol–water partition coefficient (Wildman–Crippen LogP) is 4.95. The van der Waals surface area contributed by atoms with Crippen LogP contribution in [-0.2, 0) is 11.3 Å². The SMILES string of the molecule is C=CCn1c(SCC(=O)Nc2cc(C)cc(C)c2)nnc1[C@@H](NC(=O)c1ccc(OC)cc1)C(C)C. The number of allylic oxidation sites excluding steroid dienone is 1. The summed E-state index contributed by atoms with van der Waals surface area (Å²) in [5.74, 6) is 1.17. The highest BCUT2D eigenvalue weighted by Crippen LogP contribution is 2.26. The fourth-order valence-corrected chi connectivity index (χ4v) is 4.56. The molecule has 0 saturated heterocycles. The number of anilines is 1. The van der Waals surface area contributed by atoms with Gasteiger partial charge in [0.1, 0.15) is 5.75 Å². The van der Waals surface area contributed by atoms with Gasteiger partial charge in [0.05, 0.1) is 18.9 Å². The molecule has 0 fully saturated rings. The van der Waals surface area contributed by atoms with E-state index in [1.54, 1.807) is 37.5 Å². The van der Waals surface area contributed by atoms with Gasteiger partial charge in [0.2, 0.25) is 5.91 Å². The van der Waals surface area contributed by atoms with Gasteiger partial charge in [-0.15, -0.1) is 16.8 Å². The van der Waals surface area contributed by atoms with E-state index in [9.17, 15) is 9.59 Å². The van der Waals surface area contributed by atoms with Crippen molar-refractivity contribution in [2.75, 3.05) is 18.2 Å². The number of rotatable bonds is 11. The number of hydrogen-bond acceptors (Lipinski definition) is 6. The lowest BCUT2D eigenvalue weighted by Crippen LogP contribution is -2.33. The number of nitrogens with zero attached hydrogens (tertiary/aromatic N) is 3. The van der Waals surface area contributed by atoms with Crippen molar-refractivity contribution in [1.82, 2.24) is 20.1 Å². The molecule has 2 amide bonds. The first kappa shape index (κ1) is 27.0. The minimum Gasteiger partial charge on any atom is -0.497 e. The topological polar surface area (TPSA) is 98.1 Å². The third-order valence-corrected chi connectivity index (χ3v) is 6.45. The van der Waals surface area contributed by atoms with Crippen LogP contribution in [0.4, 0.5) is 5.69 Å². The lowest BCUT2D eigenvalue weighted by atomic mass is 10.0. The first-order chi connectivity index (χ1) is 17.2. The summed E-state index contributed by atoms with van der Waals surface area (Å²) in [5, 5.41) is 15.3. The van der Waals surface area contributed by atoms with Crippen molar-refractivity contribution in [1.29, 1.82) is 0 Å². The number of carbonyl (C=O) groups is 2. The summed E-state index contributed by atoms with van der Waals surface area (Å²) in [6.45, 7) is 12.3. The fraction of sp³-hybridized carbons (Fsp3) is 0.333. The number of ether oxygens (including phenoxy) is 1. The van der Waals surface area contributed by atoms with Crippen LogP contribution in [-0.4, -0.2) is 39.4 Å². The molecule has 0 bridgehead atoms. The maximum atomic E-state index is 13.0. The van der Waals surface area contributed by atoms with Crippen LogP contribution in [0.25, 0.3) is 0 Å². The molecule has 1 heterocycles. The molecule has 3 rings (SSSR count). The van der Waals surface area contributed by atoms with E-state index >= 15 is 0 Å². The van der Waals surface area contributed by atoms with Gasteiger partial charge in [0.25, 0.3) is 5.91 Å². The van der Waals surface area contributed by atoms with E-state index in [-0.39, 0.29) is 29.5 Å². The van der Waals surface area contributed by atoms with E-state index in [4.69, 9.17) is 4.74 Å². The number of aryl methyl sites for hydroxylation is 2. The average molecular weight is 508 g/mol. The third-order valence-electron chi connectivity index (χ3n) is 5.48. The second-order valence-corrected chi connectivity index (χ2v) is 9.82. The molecule has 0 saturated carbocycles. The van der Waals surface area contributed by atoms with Crippen LogP contribution in [0.2, 0.25) is 0 Å². The molecule has 0 unspecified atom stereocenters. The van der Waals surface area contributed by atoms with E-state index in [0.29, 0.717) is 28.8 Å². The number of methoxy groups -OCH3 is 1. The molecule has 1 aromatic heterocycles. The molecule has 0 aliphatic carbocycles. The smallest absolute Gasteiger partial charge is 0.251 e. The van der Waals surface area contributed by atoms with E-state index in [1.165, 1.54) is 11.8 Å². The molecular weight excluding hydrogens is 474 g/mol. The maximum Gasteiger partial charge on any atom is 0.251 e. The largest absolute Gasteiger partial charge is 0.497 e. The highest BCUT2D eigenvalue weighted by molar-refractivity contribution is 7.99. The Labute approximate surface area is 216 Å². The van der Waals surface area contributed by atoms with E-state index in [0.717, 1.165) is 16.8 Å². The van der Waals surface area contributed by atoms with Gasteiger partial charge in [-0.2, -0.15) is 0 Å². The van der Waals surface area contributed by atoms with E-state index in [1.807, 2.05) is 44.4 Å². The summed E-state index contributed by atoms with van der Waals surface area (Å²) in [6, 6.07) is 12.5. The van der Waals surface area contributed by atoms with Crippen LogP contribution in [0.5, 0.6) is 5.75 Å². The molecule has 8 nitrogen and oxygen atoms in total. The number of thioether (sulfide) groups is 1. The fourth-order valence-electron chi connectivity index (χ4n) is 3.81. The molecule has 190 valence electrons. The Balaban J connectivity index is 1.74. The van der Waals surface area contributed by atoms with Crippen LogP contribution in [0.3, 0.4) is 0 Å². The van der Waals surface area contributed by atoms with Gasteiger partial charge in [-0.1, -0.05) is 37.8 Å². The first-order valence-corrected chi connectivity index (χ1v) is 12.7. The van der Waals surface area contributed by atoms with Crippen LogP contribution in [0.1, 0.15) is 47.2 Å². The van der Waals surface area contributed by atoms with Gasteiger partial charge in [0, 0.05) is 17.8 Å². The monoisotopic (exact) mass is 507 g/mol. The highest BCUT2D eigenvalue weighted by atomic mass is 32.2. The van der Waals surface area contributed by atoms with Gasteiger partial charge in [-0.3, -0.25) is 9.59 Å². The molecule has 0 aliphatic heterocycles. The number of nitrogens with one attached hydrogen (secondary N) is 2. The molecule has 9 heteroatoms. The predicted molar refractivity (Wildman–Crippen MR) is 144 cm³/mol. The summed E-state index contributed by atoms with van der Waals surface area (Å²) in [4.78, 5) is 25.6. The summed E-state index contributed by atoms with van der Waals surface area (Å²) >= 11 is 1.29. The van der Waals surface area contributed by atoms with Crippen LogP contribution in [0.15, 0.2) is 60.3 Å². The molecule has 2 aromatic carbocycles. The quantitative estimate of drug-likeness (QED) is 0.282. The van der Waals surface area contributed by atoms with Crippen molar-refractivity contribution in [3.63, 3.8) is 0 Å². The van der Waals surface area contributed by atoms with Gasteiger partial charge in [-0.25, -0.2) is 0 Å². The van der Waals surface area contributed by atoms with Gasteiger partial charge in [0.15, 0.2) is 11.0 Å². The third kappa shape index (κ3) is 6.97. The first-order valence-electron chi connectivity index (χ1n) is 11.7. The average Bonchev–Trinajstić information content (AvgIpc) is 3.22. The molecule has 0 spiro atoms. The summed E-state index contributed by atoms with van der Waals surface area (Å²) < 4.78 is 7.06. The van der Waals surface area contributed by atoms with Gasteiger partial charge >= 0.3 is 0 Å². The van der Waals surface area contributed by atoms with E-state index in [2.05, 4.69) is 33.5 Å². The second-order valence-electron chi connectivity index (χ2n) is 8.88. The van der Waals surface area contributed by atoms with Crippen LogP contribution >= 0.6 is 11.8 Å². The zero-order chi connectivity index (χ0) is 26.2. The van der Waals surface area contributed by atoms with Crippen molar-refractivity contribution >= 4 is 29.3 Å². The number of hydrogen-bond donors (Lipinski definition) is 2. The molecule has 0 aliphatic rings. The Bertz CT molecular complexity index is 1200. The maximum absolute atomic E-state index is 13.0. The zero-order valence-corrected chi connectivity index (χ0v) is 22.2. The van der Waals surface area contributed by atoms with Crippen molar-refractivity contribution in [2.45, 2.75) is 45.4 Å². The standard InChI is InChI=1S/C27H33N5O3S/c1-7-12-32-25(24(17(2)3)29-26(34)20-8-10-22(35-6)11-9-20)30-31-27(32)36-16-23(33)28-21-14-18(4)13-19(5)15-21/h7-11,13-15,17,24H,1,12,16H2,2-6H3,(H,28,33)(H,29,34)/t24-/m0/s1. The summed E-state index contributed by atoms with van der Waals surface area (Å²) in [5.41, 5.74) is 3.47. The lowest BCUT2D eigenvalue weighted by molar-refractivity contribution is -0.113. The second kappa shape index (κ2) is 12.4. The molecule has 0 radical (unpaired) electrons. The Hall–Kier alpha value is -3.59. The number of aromatic nitrogens is 3. The summed E-state index contributed by atoms with van der Waals surface area (Å²) in [7, 11) is 1.58. The van der Waals surface area contributed by atoms with Crippen molar-refractivity contribution < 1.29 is 14.3 Å². The molecule has 3 aromatic rings. The Morgan fingerprint density at radius 3 is 2.36 bits per heavy atom. The Kier molecular flexibility index (Phi) is 9.30. The number of carbonyl (C=O) groups excluding carboxylic acids is 2. The minimum absolute atomic E-state index is 0.0469. The van der Waals surface area contributed by atoms with Crippen molar-refractivity contribution in [3.8, 4) is 5.75 Å². The van der Waals surface area contributed by atoms with Crippen LogP contribution in [0, 0.1) is 19.8 Å².